The second-order valence-corrected chi connectivity index (χ2v) is 4.26. The summed E-state index contributed by atoms with van der Waals surface area (Å²) < 4.78 is 10.6. The van der Waals surface area contributed by atoms with Gasteiger partial charge in [0.1, 0.15) is 11.5 Å². The quantitative estimate of drug-likeness (QED) is 0.739. The van der Waals surface area contributed by atoms with Crippen LogP contribution >= 0.6 is 23.5 Å². The third-order valence-electron chi connectivity index (χ3n) is 1.89. The van der Waals surface area contributed by atoms with Gasteiger partial charge in [0, 0.05) is 0 Å². The molecule has 78 valence electrons. The Balaban J connectivity index is 3.20. The standard InChI is InChI=1S/C10H14O2S2/c1-11-7-5-10(14-4)8(12-2)6-9(7)13-3/h5-6H,1-4H3. The van der Waals surface area contributed by atoms with Crippen LogP contribution in [0.3, 0.4) is 0 Å². The smallest absolute Gasteiger partial charge is 0.133 e. The molecule has 14 heavy (non-hydrogen) atoms. The van der Waals surface area contributed by atoms with E-state index in [1.54, 1.807) is 37.7 Å². The Morgan fingerprint density at radius 1 is 0.857 bits per heavy atom. The van der Waals surface area contributed by atoms with Crippen molar-refractivity contribution in [2.45, 2.75) is 9.79 Å². The Kier molecular flexibility index (Phi) is 4.48. The largest absolute Gasteiger partial charge is 0.496 e. The molecule has 0 radical (unpaired) electrons. The zero-order valence-corrected chi connectivity index (χ0v) is 10.4. The molecule has 0 saturated carbocycles. The van der Waals surface area contributed by atoms with Crippen LogP contribution in [-0.2, 0) is 0 Å². The predicted molar refractivity (Wildman–Crippen MR) is 63.1 cm³/mol. The molecule has 0 atom stereocenters. The molecule has 1 rings (SSSR count). The second-order valence-electron chi connectivity index (χ2n) is 2.56. The molecular weight excluding hydrogens is 216 g/mol. The number of methoxy groups -OCH3 is 2. The highest BCUT2D eigenvalue weighted by Gasteiger charge is 2.09. The lowest BCUT2D eigenvalue weighted by Crippen LogP contribution is -1.91. The van der Waals surface area contributed by atoms with Gasteiger partial charge in [-0.25, -0.2) is 0 Å². The third kappa shape index (κ3) is 2.30. The summed E-state index contributed by atoms with van der Waals surface area (Å²) in [7, 11) is 3.37. The lowest BCUT2D eigenvalue weighted by Gasteiger charge is -2.11. The van der Waals surface area contributed by atoms with Crippen LogP contribution in [0.4, 0.5) is 0 Å². The molecule has 0 unspecified atom stereocenters. The summed E-state index contributed by atoms with van der Waals surface area (Å²) in [4.78, 5) is 2.20. The summed E-state index contributed by atoms with van der Waals surface area (Å²) in [5.74, 6) is 1.81. The molecule has 0 aromatic heterocycles. The van der Waals surface area contributed by atoms with Crippen molar-refractivity contribution >= 4 is 23.5 Å². The molecule has 1 aromatic carbocycles. The first kappa shape index (κ1) is 11.6. The highest BCUT2D eigenvalue weighted by Crippen LogP contribution is 2.38. The average molecular weight is 230 g/mol. The number of benzene rings is 1. The molecule has 1 aromatic rings. The number of hydrogen-bond donors (Lipinski definition) is 0. The molecule has 0 aliphatic carbocycles. The van der Waals surface area contributed by atoms with Gasteiger partial charge in [-0.2, -0.15) is 0 Å². The van der Waals surface area contributed by atoms with Gasteiger partial charge in [0.2, 0.25) is 0 Å². The minimum Gasteiger partial charge on any atom is -0.496 e. The fraction of sp³-hybridized carbons (Fsp3) is 0.400. The zero-order chi connectivity index (χ0) is 10.6. The van der Waals surface area contributed by atoms with E-state index in [9.17, 15) is 0 Å². The Morgan fingerprint density at radius 3 is 1.43 bits per heavy atom. The van der Waals surface area contributed by atoms with Crippen LogP contribution in [0.1, 0.15) is 0 Å². The SMILES string of the molecule is COc1cc(SC)c(OC)cc1SC. The van der Waals surface area contributed by atoms with E-state index in [4.69, 9.17) is 9.47 Å². The third-order valence-corrected chi connectivity index (χ3v) is 3.41. The zero-order valence-electron chi connectivity index (χ0n) is 8.79. The molecule has 0 aliphatic rings. The highest BCUT2D eigenvalue weighted by atomic mass is 32.2. The lowest BCUT2D eigenvalue weighted by molar-refractivity contribution is 0.386. The van der Waals surface area contributed by atoms with Crippen molar-refractivity contribution in [3.8, 4) is 11.5 Å². The molecule has 2 nitrogen and oxygen atoms in total. The van der Waals surface area contributed by atoms with Crippen molar-refractivity contribution in [1.29, 1.82) is 0 Å². The summed E-state index contributed by atoms with van der Waals surface area (Å²) in [6.45, 7) is 0. The van der Waals surface area contributed by atoms with Crippen molar-refractivity contribution < 1.29 is 9.47 Å². The number of hydrogen-bond acceptors (Lipinski definition) is 4. The normalized spacial score (nSPS) is 10.0. The number of ether oxygens (including phenoxy) is 2. The maximum Gasteiger partial charge on any atom is 0.133 e. The molecule has 0 amide bonds. The Hall–Kier alpha value is -0.480. The van der Waals surface area contributed by atoms with E-state index in [1.807, 2.05) is 24.6 Å². The van der Waals surface area contributed by atoms with Crippen LogP contribution in [0.2, 0.25) is 0 Å². The van der Waals surface area contributed by atoms with Crippen molar-refractivity contribution in [3.05, 3.63) is 12.1 Å². The van der Waals surface area contributed by atoms with Gasteiger partial charge in [-0.3, -0.25) is 0 Å². The minimum atomic E-state index is 0.905. The van der Waals surface area contributed by atoms with Crippen molar-refractivity contribution in [2.75, 3.05) is 26.7 Å². The summed E-state index contributed by atoms with van der Waals surface area (Å²) in [5, 5.41) is 0. The topological polar surface area (TPSA) is 18.5 Å². The predicted octanol–water partition coefficient (Wildman–Crippen LogP) is 3.15. The van der Waals surface area contributed by atoms with Gasteiger partial charge in [0.05, 0.1) is 24.0 Å². The average Bonchev–Trinajstić information content (AvgIpc) is 2.26. The van der Waals surface area contributed by atoms with Crippen LogP contribution in [0.5, 0.6) is 11.5 Å². The fourth-order valence-electron chi connectivity index (χ4n) is 1.16. The van der Waals surface area contributed by atoms with E-state index >= 15 is 0 Å². The van der Waals surface area contributed by atoms with E-state index in [0.717, 1.165) is 21.3 Å². The monoisotopic (exact) mass is 230 g/mol. The highest BCUT2D eigenvalue weighted by molar-refractivity contribution is 7.99. The van der Waals surface area contributed by atoms with Crippen LogP contribution < -0.4 is 9.47 Å². The van der Waals surface area contributed by atoms with E-state index in [0.29, 0.717) is 0 Å². The van der Waals surface area contributed by atoms with E-state index in [2.05, 4.69) is 0 Å². The molecule has 0 fully saturated rings. The summed E-state index contributed by atoms with van der Waals surface area (Å²) >= 11 is 3.31. The van der Waals surface area contributed by atoms with Gasteiger partial charge < -0.3 is 9.47 Å². The van der Waals surface area contributed by atoms with E-state index in [-0.39, 0.29) is 0 Å². The van der Waals surface area contributed by atoms with Crippen LogP contribution in [0.15, 0.2) is 21.9 Å². The van der Waals surface area contributed by atoms with Gasteiger partial charge in [-0.05, 0) is 24.6 Å². The van der Waals surface area contributed by atoms with E-state index < -0.39 is 0 Å². The maximum absolute atomic E-state index is 5.29. The first-order valence-electron chi connectivity index (χ1n) is 4.10. The second kappa shape index (κ2) is 5.41. The van der Waals surface area contributed by atoms with Crippen molar-refractivity contribution in [2.24, 2.45) is 0 Å². The maximum atomic E-state index is 5.29. The van der Waals surface area contributed by atoms with Crippen LogP contribution in [0.25, 0.3) is 0 Å². The van der Waals surface area contributed by atoms with Gasteiger partial charge in [-0.15, -0.1) is 23.5 Å². The Labute approximate surface area is 93.4 Å². The Morgan fingerprint density at radius 2 is 1.21 bits per heavy atom. The number of rotatable bonds is 4. The van der Waals surface area contributed by atoms with Crippen molar-refractivity contribution in [3.63, 3.8) is 0 Å². The van der Waals surface area contributed by atoms with Crippen molar-refractivity contribution in [1.82, 2.24) is 0 Å². The number of thioether (sulfide) groups is 2. The summed E-state index contributed by atoms with van der Waals surface area (Å²) in [6.07, 6.45) is 4.05. The van der Waals surface area contributed by atoms with Gasteiger partial charge in [-0.1, -0.05) is 0 Å². The van der Waals surface area contributed by atoms with Gasteiger partial charge in [0.15, 0.2) is 0 Å². The first-order valence-corrected chi connectivity index (χ1v) is 6.55. The first-order chi connectivity index (χ1) is 6.76. The van der Waals surface area contributed by atoms with Crippen LogP contribution in [-0.4, -0.2) is 26.7 Å². The lowest BCUT2D eigenvalue weighted by atomic mass is 10.3. The van der Waals surface area contributed by atoms with Gasteiger partial charge in [0.25, 0.3) is 0 Å². The van der Waals surface area contributed by atoms with Gasteiger partial charge >= 0.3 is 0 Å². The molecule has 0 spiro atoms. The molecule has 4 heteroatoms. The molecule has 0 heterocycles. The minimum absolute atomic E-state index is 0.905. The van der Waals surface area contributed by atoms with Crippen LogP contribution in [0, 0.1) is 0 Å². The molecular formula is C10H14O2S2. The summed E-state index contributed by atoms with van der Waals surface area (Å²) in [6, 6.07) is 4.02. The van der Waals surface area contributed by atoms with E-state index in [1.165, 1.54) is 0 Å². The molecule has 0 aliphatic heterocycles. The molecule has 0 bridgehead atoms. The Bertz CT molecular complexity index is 255. The molecule has 0 N–H and O–H groups in total. The molecule has 0 saturated heterocycles. The summed E-state index contributed by atoms with van der Waals surface area (Å²) in [5.41, 5.74) is 0. The fourth-order valence-corrected chi connectivity index (χ4v) is 2.30.